The normalized spacial score (nSPS) is 23.4. The highest BCUT2D eigenvalue weighted by Gasteiger charge is 2.32. The molecule has 1 aliphatic rings. The van der Waals surface area contributed by atoms with Crippen LogP contribution < -0.4 is 5.32 Å². The van der Waals surface area contributed by atoms with Gasteiger partial charge in [0.2, 0.25) is 0 Å². The van der Waals surface area contributed by atoms with Crippen LogP contribution in [0.15, 0.2) is 18.2 Å². The minimum absolute atomic E-state index is 0.194. The zero-order valence-corrected chi connectivity index (χ0v) is 11.7. The number of hydrogen-bond acceptors (Lipinski definition) is 2. The third-order valence-electron chi connectivity index (χ3n) is 3.38. The van der Waals surface area contributed by atoms with Gasteiger partial charge in [-0.2, -0.15) is 11.8 Å². The molecule has 0 saturated carbocycles. The van der Waals surface area contributed by atoms with Crippen LogP contribution in [0.1, 0.15) is 20.3 Å². The quantitative estimate of drug-likeness (QED) is 0.856. The van der Waals surface area contributed by atoms with E-state index >= 15 is 0 Å². The van der Waals surface area contributed by atoms with Crippen molar-refractivity contribution >= 4 is 29.1 Å². The summed E-state index contributed by atoms with van der Waals surface area (Å²) in [6, 6.07) is 4.93. The minimum Gasteiger partial charge on any atom is -0.379 e. The van der Waals surface area contributed by atoms with Crippen LogP contribution in [0, 0.1) is 11.2 Å². The molecule has 4 heteroatoms. The van der Waals surface area contributed by atoms with Crippen LogP contribution in [-0.2, 0) is 0 Å². The van der Waals surface area contributed by atoms with E-state index in [0.717, 1.165) is 12.2 Å². The summed E-state index contributed by atoms with van der Waals surface area (Å²) in [6.45, 7) is 4.46. The number of halogens is 2. The Balaban J connectivity index is 2.16. The molecule has 1 N–H and O–H groups in total. The molecule has 1 unspecified atom stereocenters. The second-order valence-electron chi connectivity index (χ2n) is 5.13. The second kappa shape index (κ2) is 5.07. The summed E-state index contributed by atoms with van der Waals surface area (Å²) in [5, 5.41) is 3.86. The van der Waals surface area contributed by atoms with Crippen molar-refractivity contribution in [1.82, 2.24) is 0 Å². The van der Waals surface area contributed by atoms with Crippen LogP contribution in [0.4, 0.5) is 10.1 Å². The molecule has 2 rings (SSSR count). The lowest BCUT2D eigenvalue weighted by Gasteiger charge is -2.39. The zero-order chi connectivity index (χ0) is 12.5. The second-order valence-corrected chi connectivity index (χ2v) is 6.72. The monoisotopic (exact) mass is 273 g/mol. The number of nitrogens with one attached hydrogen (secondary N) is 1. The maximum absolute atomic E-state index is 13.6. The minimum atomic E-state index is -0.235. The van der Waals surface area contributed by atoms with E-state index in [9.17, 15) is 4.39 Å². The van der Waals surface area contributed by atoms with Crippen LogP contribution in [0.3, 0.4) is 0 Å². The Morgan fingerprint density at radius 3 is 2.94 bits per heavy atom. The number of anilines is 1. The van der Waals surface area contributed by atoms with Gasteiger partial charge in [-0.05, 0) is 35.8 Å². The first-order valence-corrected chi connectivity index (χ1v) is 7.32. The third kappa shape index (κ3) is 3.08. The molecule has 17 heavy (non-hydrogen) atoms. The van der Waals surface area contributed by atoms with Crippen molar-refractivity contribution in [2.75, 3.05) is 16.8 Å². The molecule has 0 radical (unpaired) electrons. The fourth-order valence-corrected chi connectivity index (χ4v) is 3.75. The molecule has 1 atom stereocenters. The maximum Gasteiger partial charge on any atom is 0.146 e. The van der Waals surface area contributed by atoms with Crippen molar-refractivity contribution in [3.05, 3.63) is 29.0 Å². The van der Waals surface area contributed by atoms with Crippen LogP contribution in [0.25, 0.3) is 0 Å². The Labute approximate surface area is 111 Å². The van der Waals surface area contributed by atoms with Gasteiger partial charge in [0.05, 0.1) is 5.69 Å². The van der Waals surface area contributed by atoms with Gasteiger partial charge in [-0.15, -0.1) is 0 Å². The van der Waals surface area contributed by atoms with Gasteiger partial charge in [0.1, 0.15) is 5.82 Å². The predicted molar refractivity (Wildman–Crippen MR) is 74.5 cm³/mol. The van der Waals surface area contributed by atoms with Gasteiger partial charge in [-0.25, -0.2) is 4.39 Å². The molecule has 1 nitrogen and oxygen atoms in total. The Bertz CT molecular complexity index is 408. The maximum atomic E-state index is 13.6. The largest absolute Gasteiger partial charge is 0.379 e. The Kier molecular flexibility index (Phi) is 3.88. The van der Waals surface area contributed by atoms with Crippen LogP contribution >= 0.6 is 23.4 Å². The lowest BCUT2D eigenvalue weighted by atomic mass is 9.82. The smallest absolute Gasteiger partial charge is 0.146 e. The third-order valence-corrected chi connectivity index (χ3v) is 4.67. The molecule has 1 aromatic carbocycles. The molecular weight excluding hydrogens is 257 g/mol. The summed E-state index contributed by atoms with van der Waals surface area (Å²) in [5.74, 6) is 1.96. The average molecular weight is 274 g/mol. The van der Waals surface area contributed by atoms with Gasteiger partial charge in [0, 0.05) is 16.8 Å². The first kappa shape index (κ1) is 13.0. The van der Waals surface area contributed by atoms with Crippen molar-refractivity contribution in [3.8, 4) is 0 Å². The van der Waals surface area contributed by atoms with Crippen LogP contribution in [0.2, 0.25) is 5.02 Å². The van der Waals surface area contributed by atoms with Crippen LogP contribution in [0.5, 0.6) is 0 Å². The van der Waals surface area contributed by atoms with E-state index in [1.807, 2.05) is 11.8 Å². The fourth-order valence-electron chi connectivity index (χ4n) is 1.97. The first-order chi connectivity index (χ1) is 7.99. The lowest BCUT2D eigenvalue weighted by molar-refractivity contribution is 0.304. The summed E-state index contributed by atoms with van der Waals surface area (Å²) >= 11 is 7.81. The number of hydrogen-bond donors (Lipinski definition) is 1. The molecule has 1 aliphatic heterocycles. The van der Waals surface area contributed by atoms with E-state index in [-0.39, 0.29) is 17.3 Å². The van der Waals surface area contributed by atoms with Gasteiger partial charge in [0.25, 0.3) is 0 Å². The van der Waals surface area contributed by atoms with Gasteiger partial charge in [-0.1, -0.05) is 25.4 Å². The molecule has 1 aromatic rings. The Morgan fingerprint density at radius 1 is 1.47 bits per heavy atom. The molecule has 1 saturated heterocycles. The van der Waals surface area contributed by atoms with Crippen molar-refractivity contribution in [1.29, 1.82) is 0 Å². The van der Waals surface area contributed by atoms with Gasteiger partial charge < -0.3 is 5.32 Å². The van der Waals surface area contributed by atoms with E-state index in [1.165, 1.54) is 11.8 Å². The highest BCUT2D eigenvalue weighted by atomic mass is 35.5. The zero-order valence-electron chi connectivity index (χ0n) is 10.1. The molecule has 0 spiro atoms. The number of thioether (sulfide) groups is 1. The predicted octanol–water partition coefficient (Wildman–Crippen LogP) is 4.42. The fraction of sp³-hybridized carbons (Fsp3) is 0.538. The Hall–Kier alpha value is -0.410. The summed E-state index contributed by atoms with van der Waals surface area (Å²) in [4.78, 5) is 0. The summed E-state index contributed by atoms with van der Waals surface area (Å²) < 4.78 is 13.6. The SMILES string of the molecule is CC1(C)CCSCC1Nc1cc(Cl)ccc1F. The van der Waals surface area contributed by atoms with E-state index in [4.69, 9.17) is 11.6 Å². The summed E-state index contributed by atoms with van der Waals surface area (Å²) in [6.07, 6.45) is 1.15. The molecule has 0 amide bonds. The van der Waals surface area contributed by atoms with Gasteiger partial charge in [0.15, 0.2) is 0 Å². The van der Waals surface area contributed by atoms with E-state index in [2.05, 4.69) is 19.2 Å². The van der Waals surface area contributed by atoms with Crippen molar-refractivity contribution in [3.63, 3.8) is 0 Å². The van der Waals surface area contributed by atoms with Crippen molar-refractivity contribution < 1.29 is 4.39 Å². The molecule has 0 aromatic heterocycles. The van der Waals surface area contributed by atoms with Crippen LogP contribution in [-0.4, -0.2) is 17.5 Å². The molecule has 1 fully saturated rings. The topological polar surface area (TPSA) is 12.0 Å². The highest BCUT2D eigenvalue weighted by molar-refractivity contribution is 7.99. The summed E-state index contributed by atoms with van der Waals surface area (Å²) in [5.41, 5.74) is 0.707. The summed E-state index contributed by atoms with van der Waals surface area (Å²) in [7, 11) is 0. The Morgan fingerprint density at radius 2 is 2.24 bits per heavy atom. The first-order valence-electron chi connectivity index (χ1n) is 5.78. The highest BCUT2D eigenvalue weighted by Crippen LogP contribution is 2.36. The van der Waals surface area contributed by atoms with Gasteiger partial charge in [-0.3, -0.25) is 0 Å². The number of benzene rings is 1. The molecule has 0 bridgehead atoms. The van der Waals surface area contributed by atoms with E-state index in [1.54, 1.807) is 12.1 Å². The van der Waals surface area contributed by atoms with E-state index in [0.29, 0.717) is 10.7 Å². The van der Waals surface area contributed by atoms with Crippen molar-refractivity contribution in [2.24, 2.45) is 5.41 Å². The van der Waals surface area contributed by atoms with E-state index < -0.39 is 0 Å². The molecule has 0 aliphatic carbocycles. The molecule has 94 valence electrons. The average Bonchev–Trinajstić information content (AvgIpc) is 2.26. The molecule has 1 heterocycles. The molecular formula is C13H17ClFNS. The number of rotatable bonds is 2. The van der Waals surface area contributed by atoms with Gasteiger partial charge >= 0.3 is 0 Å². The van der Waals surface area contributed by atoms with Crippen molar-refractivity contribution in [2.45, 2.75) is 26.3 Å². The lowest BCUT2D eigenvalue weighted by Crippen LogP contribution is -2.41. The standard InChI is InChI=1S/C13H17ClFNS/c1-13(2)5-6-17-8-12(13)16-11-7-9(14)3-4-10(11)15/h3-4,7,12,16H,5-6,8H2,1-2H3.